The van der Waals surface area contributed by atoms with E-state index >= 15 is 0 Å². The van der Waals surface area contributed by atoms with Gasteiger partial charge in [-0.3, -0.25) is 4.79 Å². The summed E-state index contributed by atoms with van der Waals surface area (Å²) >= 11 is 0. The van der Waals surface area contributed by atoms with E-state index < -0.39 is 0 Å². The van der Waals surface area contributed by atoms with Gasteiger partial charge in [0.1, 0.15) is 0 Å². The molecule has 3 nitrogen and oxygen atoms in total. The Kier molecular flexibility index (Phi) is 4.12. The Labute approximate surface area is 152 Å². The van der Waals surface area contributed by atoms with Crippen molar-refractivity contribution >= 4 is 28.1 Å². The lowest BCUT2D eigenvalue weighted by atomic mass is 9.96. The van der Waals surface area contributed by atoms with E-state index in [9.17, 15) is 4.79 Å². The van der Waals surface area contributed by atoms with Crippen LogP contribution < -0.4 is 11.1 Å². The summed E-state index contributed by atoms with van der Waals surface area (Å²) in [6.45, 7) is 0. The van der Waals surface area contributed by atoms with Crippen LogP contribution in [-0.2, 0) is 0 Å². The summed E-state index contributed by atoms with van der Waals surface area (Å²) in [5.41, 5.74) is 10.3. The maximum Gasteiger partial charge on any atom is 0.255 e. The van der Waals surface area contributed by atoms with Crippen LogP contribution in [0.4, 0.5) is 11.4 Å². The summed E-state index contributed by atoms with van der Waals surface area (Å²) < 4.78 is 0. The van der Waals surface area contributed by atoms with Crippen LogP contribution in [0.2, 0.25) is 0 Å². The minimum absolute atomic E-state index is 0.131. The summed E-state index contributed by atoms with van der Waals surface area (Å²) in [5, 5.41) is 5.09. The molecule has 4 aromatic carbocycles. The molecule has 0 spiro atoms. The van der Waals surface area contributed by atoms with Crippen molar-refractivity contribution < 1.29 is 4.79 Å². The molecule has 0 aliphatic heterocycles. The number of carbonyl (C=O) groups is 1. The van der Waals surface area contributed by atoms with Gasteiger partial charge in [0.15, 0.2) is 0 Å². The highest BCUT2D eigenvalue weighted by Gasteiger charge is 2.13. The third kappa shape index (κ3) is 2.91. The van der Waals surface area contributed by atoms with E-state index in [0.29, 0.717) is 11.3 Å². The Bertz CT molecular complexity index is 1080. The molecular formula is C23H18N2O. The number of nitrogens with one attached hydrogen (secondary N) is 1. The first-order valence-corrected chi connectivity index (χ1v) is 8.47. The lowest BCUT2D eigenvalue weighted by Crippen LogP contribution is -2.12. The van der Waals surface area contributed by atoms with Gasteiger partial charge in [-0.05, 0) is 35.2 Å². The van der Waals surface area contributed by atoms with Crippen LogP contribution in [0.15, 0.2) is 91.0 Å². The van der Waals surface area contributed by atoms with Crippen LogP contribution in [0.5, 0.6) is 0 Å². The smallest absolute Gasteiger partial charge is 0.255 e. The SMILES string of the molecule is Nc1ccccc1-c1cccc2cccc(NC(=O)c3ccccc3)c12. The molecular weight excluding hydrogens is 320 g/mol. The second-order valence-electron chi connectivity index (χ2n) is 6.12. The Morgan fingerprint density at radius 2 is 1.35 bits per heavy atom. The van der Waals surface area contributed by atoms with Crippen molar-refractivity contribution in [2.75, 3.05) is 11.1 Å². The largest absolute Gasteiger partial charge is 0.398 e. The van der Waals surface area contributed by atoms with Crippen molar-refractivity contribution in [2.45, 2.75) is 0 Å². The average Bonchev–Trinajstić information content (AvgIpc) is 2.69. The van der Waals surface area contributed by atoms with E-state index in [1.807, 2.05) is 78.9 Å². The van der Waals surface area contributed by atoms with Crippen molar-refractivity contribution in [1.29, 1.82) is 0 Å². The summed E-state index contributed by atoms with van der Waals surface area (Å²) in [5.74, 6) is -0.131. The van der Waals surface area contributed by atoms with Crippen molar-refractivity contribution in [1.82, 2.24) is 0 Å². The molecule has 0 aromatic heterocycles. The summed E-state index contributed by atoms with van der Waals surface area (Å²) in [6, 6.07) is 29.0. The number of amides is 1. The maximum absolute atomic E-state index is 12.6. The van der Waals surface area contributed by atoms with Gasteiger partial charge in [-0.15, -0.1) is 0 Å². The summed E-state index contributed by atoms with van der Waals surface area (Å²) in [6.07, 6.45) is 0. The summed E-state index contributed by atoms with van der Waals surface area (Å²) in [4.78, 5) is 12.6. The molecule has 0 saturated carbocycles. The molecule has 0 aliphatic carbocycles. The highest BCUT2D eigenvalue weighted by molar-refractivity contribution is 6.13. The van der Waals surface area contributed by atoms with E-state index in [4.69, 9.17) is 5.73 Å². The van der Waals surface area contributed by atoms with Crippen molar-refractivity contribution in [3.05, 3.63) is 96.6 Å². The van der Waals surface area contributed by atoms with Gasteiger partial charge in [-0.2, -0.15) is 0 Å². The first-order chi connectivity index (χ1) is 12.7. The molecule has 3 N–H and O–H groups in total. The third-order valence-corrected chi connectivity index (χ3v) is 4.44. The molecule has 0 radical (unpaired) electrons. The Balaban J connectivity index is 1.86. The van der Waals surface area contributed by atoms with Crippen molar-refractivity contribution in [2.24, 2.45) is 0 Å². The Morgan fingerprint density at radius 3 is 2.12 bits per heavy atom. The van der Waals surface area contributed by atoms with Crippen molar-refractivity contribution in [3.8, 4) is 11.1 Å². The third-order valence-electron chi connectivity index (χ3n) is 4.44. The molecule has 26 heavy (non-hydrogen) atoms. The number of benzene rings is 4. The van der Waals surface area contributed by atoms with Crippen LogP contribution in [0.25, 0.3) is 21.9 Å². The second-order valence-corrected chi connectivity index (χ2v) is 6.12. The van der Waals surface area contributed by atoms with Crippen LogP contribution in [0.1, 0.15) is 10.4 Å². The predicted octanol–water partition coefficient (Wildman–Crippen LogP) is 5.34. The highest BCUT2D eigenvalue weighted by atomic mass is 16.1. The fourth-order valence-corrected chi connectivity index (χ4v) is 3.20. The highest BCUT2D eigenvalue weighted by Crippen LogP contribution is 2.36. The number of hydrogen-bond donors (Lipinski definition) is 2. The molecule has 4 aromatic rings. The first-order valence-electron chi connectivity index (χ1n) is 8.47. The van der Waals surface area contributed by atoms with Crippen molar-refractivity contribution in [3.63, 3.8) is 0 Å². The van der Waals surface area contributed by atoms with Gasteiger partial charge in [0.2, 0.25) is 0 Å². The van der Waals surface area contributed by atoms with E-state index in [2.05, 4.69) is 5.32 Å². The quantitative estimate of drug-likeness (QED) is 0.495. The Hall–Kier alpha value is -3.59. The number of para-hydroxylation sites is 1. The normalized spacial score (nSPS) is 10.6. The number of nitrogens with two attached hydrogens (primary N) is 1. The molecule has 0 heterocycles. The summed E-state index contributed by atoms with van der Waals surface area (Å²) in [7, 11) is 0. The molecule has 0 aliphatic rings. The molecule has 1 amide bonds. The maximum atomic E-state index is 12.6. The van der Waals surface area contributed by atoms with Gasteiger partial charge in [0.25, 0.3) is 5.91 Å². The van der Waals surface area contributed by atoms with E-state index in [1.165, 1.54) is 0 Å². The monoisotopic (exact) mass is 338 g/mol. The number of nitrogen functional groups attached to an aromatic ring is 1. The molecule has 0 bridgehead atoms. The molecule has 0 fully saturated rings. The molecule has 0 saturated heterocycles. The first kappa shape index (κ1) is 15.9. The zero-order valence-corrected chi connectivity index (χ0v) is 14.1. The average molecular weight is 338 g/mol. The van der Waals surface area contributed by atoms with E-state index in [1.54, 1.807) is 12.1 Å². The van der Waals surface area contributed by atoms with Gasteiger partial charge in [-0.25, -0.2) is 0 Å². The zero-order valence-electron chi connectivity index (χ0n) is 14.1. The fraction of sp³-hybridized carbons (Fsp3) is 0. The lowest BCUT2D eigenvalue weighted by Gasteiger charge is -2.14. The van der Waals surface area contributed by atoms with E-state index in [-0.39, 0.29) is 5.91 Å². The Morgan fingerprint density at radius 1 is 0.692 bits per heavy atom. The zero-order chi connectivity index (χ0) is 17.9. The molecule has 0 atom stereocenters. The van der Waals surface area contributed by atoms with Gasteiger partial charge in [0, 0.05) is 27.9 Å². The van der Waals surface area contributed by atoms with E-state index in [0.717, 1.165) is 27.6 Å². The molecule has 4 rings (SSSR count). The number of hydrogen-bond acceptors (Lipinski definition) is 2. The van der Waals surface area contributed by atoms with Gasteiger partial charge in [-0.1, -0.05) is 66.7 Å². The number of anilines is 2. The van der Waals surface area contributed by atoms with Crippen LogP contribution in [-0.4, -0.2) is 5.91 Å². The standard InChI is InChI=1S/C23H18N2O/c24-20-14-5-4-12-18(20)19-13-6-10-16-11-7-15-21(22(16)19)25-23(26)17-8-2-1-3-9-17/h1-15H,24H2,(H,25,26). The fourth-order valence-electron chi connectivity index (χ4n) is 3.20. The number of fused-ring (bicyclic) bond motifs is 1. The predicted molar refractivity (Wildman–Crippen MR) is 108 cm³/mol. The van der Waals surface area contributed by atoms with Gasteiger partial charge >= 0.3 is 0 Å². The van der Waals surface area contributed by atoms with Gasteiger partial charge < -0.3 is 11.1 Å². The number of carbonyl (C=O) groups excluding carboxylic acids is 1. The van der Waals surface area contributed by atoms with Crippen LogP contribution >= 0.6 is 0 Å². The van der Waals surface area contributed by atoms with Crippen LogP contribution in [0.3, 0.4) is 0 Å². The van der Waals surface area contributed by atoms with Crippen LogP contribution in [0, 0.1) is 0 Å². The molecule has 126 valence electrons. The minimum atomic E-state index is -0.131. The topological polar surface area (TPSA) is 55.1 Å². The lowest BCUT2D eigenvalue weighted by molar-refractivity contribution is 0.102. The van der Waals surface area contributed by atoms with Gasteiger partial charge in [0.05, 0.1) is 0 Å². The molecule has 0 unspecified atom stereocenters. The second kappa shape index (κ2) is 6.73. The minimum Gasteiger partial charge on any atom is -0.398 e. The number of rotatable bonds is 3. The molecule has 3 heteroatoms.